The lowest BCUT2D eigenvalue weighted by Crippen LogP contribution is -2.50. The second kappa shape index (κ2) is 9.27. The zero-order valence-corrected chi connectivity index (χ0v) is 24.4. The van der Waals surface area contributed by atoms with E-state index in [9.17, 15) is 19.2 Å². The van der Waals surface area contributed by atoms with Crippen LogP contribution in [-0.2, 0) is 19.2 Å². The summed E-state index contributed by atoms with van der Waals surface area (Å²) in [5, 5.41) is 7.73. The van der Waals surface area contributed by atoms with Crippen molar-refractivity contribution in [3.8, 4) is 0 Å². The second-order valence-corrected chi connectivity index (χ2v) is 13.3. The van der Waals surface area contributed by atoms with E-state index in [1.165, 1.54) is 32.5 Å². The minimum absolute atomic E-state index is 0.282. The van der Waals surface area contributed by atoms with Gasteiger partial charge in [0.15, 0.2) is 0 Å². The van der Waals surface area contributed by atoms with Gasteiger partial charge < -0.3 is 0 Å². The molecule has 4 aliphatic heterocycles. The first-order valence-corrected chi connectivity index (χ1v) is 15.6. The lowest BCUT2D eigenvalue weighted by molar-refractivity contribution is -0.135. The number of aryl methyl sites for hydroxylation is 2. The predicted octanol–water partition coefficient (Wildman–Crippen LogP) is 4.87. The minimum atomic E-state index is -0.836. The topological polar surface area (TPSA) is 81.2 Å². The van der Waals surface area contributed by atoms with E-state index in [0.717, 1.165) is 20.9 Å². The van der Waals surface area contributed by atoms with E-state index in [2.05, 4.69) is 0 Å². The fourth-order valence-corrected chi connectivity index (χ4v) is 8.94. The van der Waals surface area contributed by atoms with Crippen LogP contribution in [0.3, 0.4) is 0 Å². The average molecular weight is 595 g/mol. The molecule has 0 saturated carbocycles. The molecular formula is C32H26N4O4S2. The molecule has 4 amide bonds. The molecule has 4 saturated heterocycles. The summed E-state index contributed by atoms with van der Waals surface area (Å²) in [6.07, 6.45) is 0. The Bertz CT molecular complexity index is 1610. The summed E-state index contributed by atoms with van der Waals surface area (Å²) in [6.45, 7) is 3.92. The van der Waals surface area contributed by atoms with Crippen molar-refractivity contribution in [3.05, 3.63) is 104 Å². The van der Waals surface area contributed by atoms with E-state index in [-0.39, 0.29) is 23.6 Å². The van der Waals surface area contributed by atoms with Gasteiger partial charge in [0.2, 0.25) is 11.8 Å². The Hall–Kier alpha value is -3.96. The Balaban J connectivity index is 1.30. The summed E-state index contributed by atoms with van der Waals surface area (Å²) in [6, 6.07) is 19.7. The lowest BCUT2D eigenvalue weighted by Gasteiger charge is -2.35. The predicted molar refractivity (Wildman–Crippen MR) is 160 cm³/mol. The van der Waals surface area contributed by atoms with E-state index in [4.69, 9.17) is 0 Å². The van der Waals surface area contributed by atoms with Gasteiger partial charge in [-0.15, -0.1) is 22.7 Å². The molecular weight excluding hydrogens is 569 g/mol. The molecule has 10 heteroatoms. The number of hydrogen-bond acceptors (Lipinski definition) is 8. The van der Waals surface area contributed by atoms with Crippen LogP contribution in [0.2, 0.25) is 0 Å². The fourth-order valence-electron chi connectivity index (χ4n) is 7.21. The molecule has 4 aliphatic rings. The van der Waals surface area contributed by atoms with Crippen molar-refractivity contribution in [1.29, 1.82) is 0 Å². The van der Waals surface area contributed by atoms with Crippen molar-refractivity contribution < 1.29 is 19.2 Å². The normalized spacial score (nSPS) is 29.1. The van der Waals surface area contributed by atoms with Crippen molar-refractivity contribution in [1.82, 2.24) is 10.0 Å². The highest BCUT2D eigenvalue weighted by Crippen LogP contribution is 2.60. The van der Waals surface area contributed by atoms with Crippen LogP contribution in [0, 0.1) is 25.7 Å². The Kier molecular flexibility index (Phi) is 5.68. The third-order valence-electron chi connectivity index (χ3n) is 8.98. The van der Waals surface area contributed by atoms with Gasteiger partial charge in [-0.05, 0) is 61.0 Å². The number of carbonyl (C=O) groups excluding carboxylic acids is 4. The Morgan fingerprint density at radius 3 is 1.21 bits per heavy atom. The van der Waals surface area contributed by atoms with Crippen molar-refractivity contribution in [2.75, 3.05) is 9.80 Å². The van der Waals surface area contributed by atoms with E-state index in [1.54, 1.807) is 24.3 Å². The quantitative estimate of drug-likeness (QED) is 0.314. The van der Waals surface area contributed by atoms with Crippen molar-refractivity contribution in [3.63, 3.8) is 0 Å². The molecule has 42 heavy (non-hydrogen) atoms. The maximum absolute atomic E-state index is 14.3. The van der Waals surface area contributed by atoms with Crippen molar-refractivity contribution in [2.24, 2.45) is 11.8 Å². The van der Waals surface area contributed by atoms with Gasteiger partial charge in [0, 0.05) is 9.75 Å². The molecule has 8 nitrogen and oxygen atoms in total. The number of carbonyl (C=O) groups is 4. The van der Waals surface area contributed by atoms with Gasteiger partial charge in [-0.25, -0.2) is 19.8 Å². The molecule has 2 aromatic carbocycles. The van der Waals surface area contributed by atoms with E-state index in [1.807, 2.05) is 83.2 Å². The average Bonchev–Trinajstić information content (AvgIpc) is 3.81. The molecule has 8 rings (SSSR count). The van der Waals surface area contributed by atoms with Gasteiger partial charge in [-0.3, -0.25) is 19.2 Å². The highest BCUT2D eigenvalue weighted by atomic mass is 32.1. The number of fused-ring (bicyclic) bond motifs is 5. The van der Waals surface area contributed by atoms with Crippen LogP contribution >= 0.6 is 22.7 Å². The Labute approximate surface area is 250 Å². The van der Waals surface area contributed by atoms with Crippen LogP contribution in [0.5, 0.6) is 0 Å². The SMILES string of the molecule is Cc1ccc(N2C(=O)[C@H]3[C@@H](C2=O)N2[C@H](c4cccs4)[C@H]4C(=O)N(c5ccc(C)cc5)C(=O)[C@H]4N2[C@@H]3c2cccs2)cc1. The molecule has 6 atom stereocenters. The third-order valence-corrected chi connectivity index (χ3v) is 10.9. The first-order valence-electron chi connectivity index (χ1n) is 13.9. The van der Waals surface area contributed by atoms with Crippen LogP contribution in [0.4, 0.5) is 11.4 Å². The summed E-state index contributed by atoms with van der Waals surface area (Å²) < 4.78 is 0. The summed E-state index contributed by atoms with van der Waals surface area (Å²) >= 11 is 2.99. The number of amides is 4. The smallest absolute Gasteiger partial charge is 0.253 e. The monoisotopic (exact) mass is 594 g/mol. The van der Waals surface area contributed by atoms with Crippen LogP contribution in [0.15, 0.2) is 83.6 Å². The van der Waals surface area contributed by atoms with Crippen molar-refractivity contribution >= 4 is 57.7 Å². The highest BCUT2D eigenvalue weighted by Gasteiger charge is 2.74. The number of anilines is 2. The largest absolute Gasteiger partial charge is 0.274 e. The van der Waals surface area contributed by atoms with Gasteiger partial charge in [0.05, 0.1) is 35.3 Å². The maximum atomic E-state index is 14.3. The van der Waals surface area contributed by atoms with E-state index in [0.29, 0.717) is 11.4 Å². The summed E-state index contributed by atoms with van der Waals surface area (Å²) in [4.78, 5) is 61.5. The number of imide groups is 2. The highest BCUT2D eigenvalue weighted by molar-refractivity contribution is 7.10. The molecule has 2 aromatic heterocycles. The molecule has 6 heterocycles. The number of benzene rings is 2. The van der Waals surface area contributed by atoms with Gasteiger partial charge in [0.25, 0.3) is 11.8 Å². The molecule has 0 aliphatic carbocycles. The molecule has 0 unspecified atom stereocenters. The fraction of sp³-hybridized carbons (Fsp3) is 0.250. The minimum Gasteiger partial charge on any atom is -0.274 e. The van der Waals surface area contributed by atoms with Gasteiger partial charge in [0.1, 0.15) is 12.1 Å². The second-order valence-electron chi connectivity index (χ2n) is 11.3. The van der Waals surface area contributed by atoms with E-state index < -0.39 is 36.0 Å². The first kappa shape index (κ1) is 25.7. The first-order chi connectivity index (χ1) is 20.4. The molecule has 0 N–H and O–H groups in total. The number of hydrogen-bond donors (Lipinski definition) is 0. The van der Waals surface area contributed by atoms with Gasteiger partial charge in [-0.1, -0.05) is 47.5 Å². The van der Waals surface area contributed by atoms with Crippen molar-refractivity contribution in [2.45, 2.75) is 38.0 Å². The number of thiophene rings is 2. The Morgan fingerprint density at radius 1 is 0.500 bits per heavy atom. The van der Waals surface area contributed by atoms with Crippen LogP contribution in [-0.4, -0.2) is 45.7 Å². The van der Waals surface area contributed by atoms with Gasteiger partial charge in [-0.2, -0.15) is 0 Å². The number of hydrazine groups is 1. The lowest BCUT2D eigenvalue weighted by atomic mass is 9.88. The zero-order chi connectivity index (χ0) is 28.9. The number of rotatable bonds is 4. The third kappa shape index (κ3) is 3.40. The molecule has 4 fully saturated rings. The summed E-state index contributed by atoms with van der Waals surface area (Å²) in [5.41, 5.74) is 3.12. The molecule has 210 valence electrons. The van der Waals surface area contributed by atoms with E-state index >= 15 is 0 Å². The van der Waals surface area contributed by atoms with Crippen LogP contribution < -0.4 is 9.80 Å². The zero-order valence-electron chi connectivity index (χ0n) is 22.8. The maximum Gasteiger partial charge on any atom is 0.253 e. The van der Waals surface area contributed by atoms with Crippen LogP contribution in [0.25, 0.3) is 0 Å². The van der Waals surface area contributed by atoms with Gasteiger partial charge >= 0.3 is 0 Å². The molecule has 0 radical (unpaired) electrons. The summed E-state index contributed by atoms with van der Waals surface area (Å²) in [7, 11) is 0. The number of nitrogens with zero attached hydrogens (tertiary/aromatic N) is 4. The molecule has 0 spiro atoms. The summed E-state index contributed by atoms with van der Waals surface area (Å²) in [5.74, 6) is -2.66. The van der Waals surface area contributed by atoms with Crippen LogP contribution in [0.1, 0.15) is 33.0 Å². The Morgan fingerprint density at radius 2 is 0.881 bits per heavy atom. The molecule has 4 aromatic rings. The molecule has 0 bridgehead atoms. The standard InChI is InChI=1S/C32H26N4O4S2/c1-17-7-11-19(12-8-17)33-29(37)23-25(21-5-3-15-41-21)36-28-24(26(22-6-4-16-42-22)35(36)27(23)31(33)39)30(38)34(32(28)40)20-13-9-18(2)10-14-20/h3-16,23-28H,1-2H3/t23-,24-,25-,26-,27+,28+/m1/s1.